The maximum atomic E-state index is 12.6. The summed E-state index contributed by atoms with van der Waals surface area (Å²) >= 11 is 7.06. The number of pyridine rings is 1. The molecule has 0 saturated heterocycles. The van der Waals surface area contributed by atoms with E-state index in [4.69, 9.17) is 11.6 Å². The van der Waals surface area contributed by atoms with Gasteiger partial charge in [0, 0.05) is 15.8 Å². The van der Waals surface area contributed by atoms with E-state index in [1.165, 1.54) is 11.3 Å². The van der Waals surface area contributed by atoms with Gasteiger partial charge in [-0.3, -0.25) is 0 Å². The first kappa shape index (κ1) is 12.4. The first-order chi connectivity index (χ1) is 7.86. The Balaban J connectivity index is 2.52. The fourth-order valence-electron chi connectivity index (χ4n) is 1.39. The minimum absolute atomic E-state index is 0.154. The molecule has 0 saturated carbocycles. The Labute approximate surface area is 105 Å². The molecule has 17 heavy (non-hydrogen) atoms. The van der Waals surface area contributed by atoms with Crippen molar-refractivity contribution in [3.8, 4) is 11.3 Å². The highest BCUT2D eigenvalue weighted by Crippen LogP contribution is 2.34. The highest BCUT2D eigenvalue weighted by Gasteiger charge is 2.31. The van der Waals surface area contributed by atoms with Gasteiger partial charge in [0.15, 0.2) is 0 Å². The number of thiophene rings is 1. The van der Waals surface area contributed by atoms with Crippen LogP contribution in [0.5, 0.6) is 0 Å². The van der Waals surface area contributed by atoms with Gasteiger partial charge in [-0.05, 0) is 25.1 Å². The smallest absolute Gasteiger partial charge is 0.236 e. The van der Waals surface area contributed by atoms with Gasteiger partial charge in [-0.2, -0.15) is 13.2 Å². The van der Waals surface area contributed by atoms with Gasteiger partial charge in [0.25, 0.3) is 0 Å². The quantitative estimate of drug-likeness (QED) is 0.683. The van der Waals surface area contributed by atoms with Gasteiger partial charge in [-0.15, -0.1) is 11.3 Å². The molecule has 0 amide bonds. The van der Waals surface area contributed by atoms with Crippen molar-refractivity contribution in [3.05, 3.63) is 39.2 Å². The molecular formula is C11H7ClF3NS. The van der Waals surface area contributed by atoms with Crippen molar-refractivity contribution in [2.24, 2.45) is 0 Å². The molecule has 0 aliphatic carbocycles. The van der Waals surface area contributed by atoms with Crippen LogP contribution in [0.15, 0.2) is 23.6 Å². The Hall–Kier alpha value is -1.07. The summed E-state index contributed by atoms with van der Waals surface area (Å²) in [5.74, 6) is 0. The zero-order chi connectivity index (χ0) is 12.6. The highest BCUT2D eigenvalue weighted by molar-refractivity contribution is 7.10. The minimum Gasteiger partial charge on any atom is -0.236 e. The molecule has 0 atom stereocenters. The molecule has 0 aromatic carbocycles. The summed E-state index contributed by atoms with van der Waals surface area (Å²) in [7, 11) is 0. The predicted octanol–water partition coefficient (Wildman–Crippen LogP) is 4.79. The van der Waals surface area contributed by atoms with E-state index < -0.39 is 11.7 Å². The molecule has 0 bridgehead atoms. The van der Waals surface area contributed by atoms with E-state index >= 15 is 0 Å². The van der Waals surface area contributed by atoms with Crippen LogP contribution in [-0.4, -0.2) is 4.98 Å². The molecule has 1 nitrogen and oxygen atoms in total. The van der Waals surface area contributed by atoms with Crippen LogP contribution < -0.4 is 0 Å². The molecule has 0 spiro atoms. The van der Waals surface area contributed by atoms with Gasteiger partial charge in [0.05, 0.1) is 11.3 Å². The molecule has 2 aromatic heterocycles. The topological polar surface area (TPSA) is 12.9 Å². The Morgan fingerprint density at radius 2 is 1.94 bits per heavy atom. The summed E-state index contributed by atoms with van der Waals surface area (Å²) in [5, 5.41) is 1.60. The SMILES string of the molecule is Cc1cc(-c2cc(C(F)(F)F)cc(Cl)n2)cs1. The van der Waals surface area contributed by atoms with E-state index in [0.717, 1.165) is 17.0 Å². The largest absolute Gasteiger partial charge is 0.416 e. The Kier molecular flexibility index (Phi) is 3.14. The molecule has 0 radical (unpaired) electrons. The average molecular weight is 278 g/mol. The van der Waals surface area contributed by atoms with E-state index in [1.54, 1.807) is 11.4 Å². The van der Waals surface area contributed by atoms with Crippen LogP contribution in [0, 0.1) is 6.92 Å². The van der Waals surface area contributed by atoms with Crippen LogP contribution in [0.25, 0.3) is 11.3 Å². The van der Waals surface area contributed by atoms with E-state index in [0.29, 0.717) is 5.56 Å². The Morgan fingerprint density at radius 3 is 2.47 bits per heavy atom. The maximum absolute atomic E-state index is 12.6. The number of rotatable bonds is 1. The number of halogens is 4. The highest BCUT2D eigenvalue weighted by atomic mass is 35.5. The van der Waals surface area contributed by atoms with Crippen LogP contribution >= 0.6 is 22.9 Å². The van der Waals surface area contributed by atoms with Gasteiger partial charge in [-0.25, -0.2) is 4.98 Å². The zero-order valence-electron chi connectivity index (χ0n) is 8.68. The van der Waals surface area contributed by atoms with Crippen molar-refractivity contribution < 1.29 is 13.2 Å². The normalized spacial score (nSPS) is 11.8. The molecule has 2 rings (SSSR count). The van der Waals surface area contributed by atoms with Crippen LogP contribution in [0.2, 0.25) is 5.15 Å². The molecular weight excluding hydrogens is 271 g/mol. The van der Waals surface area contributed by atoms with Crippen molar-refractivity contribution in [1.29, 1.82) is 0 Å². The molecule has 0 aliphatic heterocycles. The summed E-state index contributed by atoms with van der Waals surface area (Å²) in [6.07, 6.45) is -4.41. The summed E-state index contributed by atoms with van der Waals surface area (Å²) < 4.78 is 37.8. The fraction of sp³-hybridized carbons (Fsp3) is 0.182. The lowest BCUT2D eigenvalue weighted by atomic mass is 10.1. The lowest BCUT2D eigenvalue weighted by molar-refractivity contribution is -0.137. The standard InChI is InChI=1S/C11H7ClF3NS/c1-6-2-7(5-17-6)9-3-8(11(13,14)15)4-10(12)16-9/h2-5H,1H3. The Morgan fingerprint density at radius 1 is 1.24 bits per heavy atom. The number of alkyl halides is 3. The molecule has 2 heterocycles. The molecule has 0 N–H and O–H groups in total. The number of hydrogen-bond donors (Lipinski definition) is 0. The summed E-state index contributed by atoms with van der Waals surface area (Å²) in [6.45, 7) is 1.88. The number of hydrogen-bond acceptors (Lipinski definition) is 2. The van der Waals surface area contributed by atoms with Crippen LogP contribution in [-0.2, 0) is 6.18 Å². The van der Waals surface area contributed by atoms with Crippen LogP contribution in [0.1, 0.15) is 10.4 Å². The second-order valence-corrected chi connectivity index (χ2v) is 5.01. The summed E-state index contributed by atoms with van der Waals surface area (Å²) in [4.78, 5) is 4.91. The van der Waals surface area contributed by atoms with E-state index in [2.05, 4.69) is 4.98 Å². The molecule has 2 aromatic rings. The zero-order valence-corrected chi connectivity index (χ0v) is 10.2. The first-order valence-corrected chi connectivity index (χ1v) is 5.92. The van der Waals surface area contributed by atoms with E-state index in [1.807, 2.05) is 6.92 Å². The van der Waals surface area contributed by atoms with E-state index in [9.17, 15) is 13.2 Å². The van der Waals surface area contributed by atoms with Crippen LogP contribution in [0.4, 0.5) is 13.2 Å². The monoisotopic (exact) mass is 277 g/mol. The average Bonchev–Trinajstić information content (AvgIpc) is 2.62. The molecule has 0 fully saturated rings. The van der Waals surface area contributed by atoms with Gasteiger partial charge >= 0.3 is 6.18 Å². The van der Waals surface area contributed by atoms with Crippen molar-refractivity contribution in [1.82, 2.24) is 4.98 Å². The molecule has 6 heteroatoms. The van der Waals surface area contributed by atoms with Gasteiger partial charge in [0.2, 0.25) is 0 Å². The third-order valence-electron chi connectivity index (χ3n) is 2.15. The van der Waals surface area contributed by atoms with Crippen molar-refractivity contribution in [2.45, 2.75) is 13.1 Å². The van der Waals surface area contributed by atoms with Crippen molar-refractivity contribution >= 4 is 22.9 Å². The third-order valence-corrected chi connectivity index (χ3v) is 3.20. The maximum Gasteiger partial charge on any atom is 0.416 e. The Bertz CT molecular complexity index is 548. The predicted molar refractivity (Wildman–Crippen MR) is 62.3 cm³/mol. The van der Waals surface area contributed by atoms with Gasteiger partial charge in [0.1, 0.15) is 5.15 Å². The van der Waals surface area contributed by atoms with E-state index in [-0.39, 0.29) is 10.8 Å². The number of aromatic nitrogens is 1. The van der Waals surface area contributed by atoms with Crippen molar-refractivity contribution in [3.63, 3.8) is 0 Å². The number of nitrogens with zero attached hydrogens (tertiary/aromatic N) is 1. The third kappa shape index (κ3) is 2.79. The lowest BCUT2D eigenvalue weighted by Crippen LogP contribution is -2.05. The van der Waals surface area contributed by atoms with Crippen LogP contribution in [0.3, 0.4) is 0 Å². The summed E-state index contributed by atoms with van der Waals surface area (Å²) in [6, 6.07) is 3.61. The fourth-order valence-corrected chi connectivity index (χ4v) is 2.29. The number of aryl methyl sites for hydroxylation is 1. The van der Waals surface area contributed by atoms with Gasteiger partial charge < -0.3 is 0 Å². The van der Waals surface area contributed by atoms with Gasteiger partial charge in [-0.1, -0.05) is 11.6 Å². The summed E-state index contributed by atoms with van der Waals surface area (Å²) in [5.41, 5.74) is 0.117. The second-order valence-electron chi connectivity index (χ2n) is 3.51. The lowest BCUT2D eigenvalue weighted by Gasteiger charge is -2.08. The van der Waals surface area contributed by atoms with Crippen molar-refractivity contribution in [2.75, 3.05) is 0 Å². The molecule has 90 valence electrons. The minimum atomic E-state index is -4.41. The second kappa shape index (κ2) is 4.31. The molecule has 0 unspecified atom stereocenters. The molecule has 0 aliphatic rings. The first-order valence-electron chi connectivity index (χ1n) is 4.66.